The van der Waals surface area contributed by atoms with Crippen molar-refractivity contribution in [1.82, 2.24) is 25.3 Å². The van der Waals surface area contributed by atoms with Gasteiger partial charge in [0.25, 0.3) is 5.91 Å². The lowest BCUT2D eigenvalue weighted by Gasteiger charge is -2.11. The van der Waals surface area contributed by atoms with Crippen molar-refractivity contribution in [3.8, 4) is 0 Å². The molecule has 0 aliphatic rings. The number of carbonyl (C=O) groups is 2. The van der Waals surface area contributed by atoms with Gasteiger partial charge in [-0.1, -0.05) is 11.3 Å². The standard InChI is InChI=1S/C12H13N5O3/c1-8(9-4-2-3-5-13-9)14-12(20)10-6-17(16-15-10)7-11(18)19/h2-6,8H,7H2,1H3,(H,14,20)(H,18,19). The van der Waals surface area contributed by atoms with Crippen LogP contribution in [0.15, 0.2) is 30.6 Å². The van der Waals surface area contributed by atoms with Crippen LogP contribution >= 0.6 is 0 Å². The highest BCUT2D eigenvalue weighted by Crippen LogP contribution is 2.08. The fraction of sp³-hybridized carbons (Fsp3) is 0.250. The summed E-state index contributed by atoms with van der Waals surface area (Å²) >= 11 is 0. The van der Waals surface area contributed by atoms with Crippen LogP contribution < -0.4 is 5.32 Å². The van der Waals surface area contributed by atoms with Crippen LogP contribution in [0.25, 0.3) is 0 Å². The number of amides is 1. The van der Waals surface area contributed by atoms with Crippen molar-refractivity contribution in [3.63, 3.8) is 0 Å². The van der Waals surface area contributed by atoms with E-state index in [0.29, 0.717) is 0 Å². The molecule has 8 nitrogen and oxygen atoms in total. The van der Waals surface area contributed by atoms with Gasteiger partial charge in [0.2, 0.25) is 0 Å². The first-order chi connectivity index (χ1) is 9.56. The molecule has 0 bridgehead atoms. The molecule has 1 atom stereocenters. The van der Waals surface area contributed by atoms with Crippen LogP contribution in [0.5, 0.6) is 0 Å². The second-order valence-electron chi connectivity index (χ2n) is 4.14. The van der Waals surface area contributed by atoms with Gasteiger partial charge >= 0.3 is 5.97 Å². The first-order valence-electron chi connectivity index (χ1n) is 5.90. The summed E-state index contributed by atoms with van der Waals surface area (Å²) < 4.78 is 1.09. The number of hydrogen-bond acceptors (Lipinski definition) is 5. The Hall–Kier alpha value is -2.77. The number of rotatable bonds is 5. The van der Waals surface area contributed by atoms with E-state index in [4.69, 9.17) is 5.11 Å². The summed E-state index contributed by atoms with van der Waals surface area (Å²) in [6.45, 7) is 1.46. The minimum Gasteiger partial charge on any atom is -0.480 e. The topological polar surface area (TPSA) is 110 Å². The molecule has 2 heterocycles. The number of carboxylic acids is 1. The van der Waals surface area contributed by atoms with Gasteiger partial charge in [-0.25, -0.2) is 4.68 Å². The van der Waals surface area contributed by atoms with E-state index in [0.717, 1.165) is 10.4 Å². The summed E-state index contributed by atoms with van der Waals surface area (Å²) in [7, 11) is 0. The summed E-state index contributed by atoms with van der Waals surface area (Å²) in [6.07, 6.45) is 2.93. The summed E-state index contributed by atoms with van der Waals surface area (Å²) in [4.78, 5) is 26.6. The molecule has 0 fully saturated rings. The molecule has 1 unspecified atom stereocenters. The van der Waals surface area contributed by atoms with Crippen LogP contribution in [0, 0.1) is 0 Å². The molecule has 2 rings (SSSR count). The van der Waals surface area contributed by atoms with Gasteiger partial charge in [0.1, 0.15) is 6.54 Å². The zero-order valence-electron chi connectivity index (χ0n) is 10.7. The first kappa shape index (κ1) is 13.7. The largest absolute Gasteiger partial charge is 0.480 e. The fourth-order valence-corrected chi connectivity index (χ4v) is 1.59. The van der Waals surface area contributed by atoms with Gasteiger partial charge in [-0.15, -0.1) is 5.10 Å². The van der Waals surface area contributed by atoms with Gasteiger partial charge in [-0.2, -0.15) is 0 Å². The highest BCUT2D eigenvalue weighted by molar-refractivity contribution is 5.92. The smallest absolute Gasteiger partial charge is 0.325 e. The van der Waals surface area contributed by atoms with E-state index in [1.807, 2.05) is 6.07 Å². The van der Waals surface area contributed by atoms with Crippen LogP contribution in [0.2, 0.25) is 0 Å². The van der Waals surface area contributed by atoms with Crippen LogP contribution in [-0.2, 0) is 11.3 Å². The number of nitrogens with one attached hydrogen (secondary N) is 1. The Kier molecular flexibility index (Phi) is 4.04. The molecule has 0 saturated heterocycles. The van der Waals surface area contributed by atoms with Gasteiger partial charge in [-0.05, 0) is 19.1 Å². The van der Waals surface area contributed by atoms with Crippen molar-refractivity contribution in [2.45, 2.75) is 19.5 Å². The van der Waals surface area contributed by atoms with E-state index in [-0.39, 0.29) is 18.3 Å². The number of pyridine rings is 1. The molecule has 0 spiro atoms. The van der Waals surface area contributed by atoms with E-state index in [9.17, 15) is 9.59 Å². The molecule has 20 heavy (non-hydrogen) atoms. The minimum atomic E-state index is -1.05. The predicted octanol–water partition coefficient (Wildman–Crippen LogP) is 0.249. The third-order valence-electron chi connectivity index (χ3n) is 2.55. The lowest BCUT2D eigenvalue weighted by Crippen LogP contribution is -2.27. The second-order valence-corrected chi connectivity index (χ2v) is 4.14. The highest BCUT2D eigenvalue weighted by atomic mass is 16.4. The molecule has 2 aromatic rings. The molecule has 0 saturated carbocycles. The molecule has 0 aliphatic carbocycles. The van der Waals surface area contributed by atoms with Crippen LogP contribution in [0.1, 0.15) is 29.1 Å². The Bertz CT molecular complexity index is 611. The molecule has 2 aromatic heterocycles. The maximum Gasteiger partial charge on any atom is 0.325 e. The third kappa shape index (κ3) is 3.37. The van der Waals surface area contributed by atoms with Gasteiger partial charge in [0.05, 0.1) is 17.9 Å². The van der Waals surface area contributed by atoms with E-state index in [2.05, 4.69) is 20.6 Å². The minimum absolute atomic E-state index is 0.0639. The Balaban J connectivity index is 2.01. The van der Waals surface area contributed by atoms with Crippen molar-refractivity contribution >= 4 is 11.9 Å². The molecule has 1 amide bonds. The number of aliphatic carboxylic acids is 1. The number of carbonyl (C=O) groups excluding carboxylic acids is 1. The van der Waals surface area contributed by atoms with Crippen molar-refractivity contribution < 1.29 is 14.7 Å². The first-order valence-corrected chi connectivity index (χ1v) is 5.90. The van der Waals surface area contributed by atoms with Gasteiger partial charge in [0, 0.05) is 6.20 Å². The fourth-order valence-electron chi connectivity index (χ4n) is 1.59. The number of nitrogens with zero attached hydrogens (tertiary/aromatic N) is 4. The Labute approximate surface area is 114 Å². The summed E-state index contributed by atoms with van der Waals surface area (Å²) in [5.74, 6) is -1.48. The van der Waals surface area contributed by atoms with Gasteiger partial charge in [0.15, 0.2) is 5.69 Å². The van der Waals surface area contributed by atoms with Crippen molar-refractivity contribution in [3.05, 3.63) is 42.0 Å². The summed E-state index contributed by atoms with van der Waals surface area (Å²) in [5.41, 5.74) is 0.785. The second kappa shape index (κ2) is 5.91. The summed E-state index contributed by atoms with van der Waals surface area (Å²) in [5, 5.41) is 18.5. The Morgan fingerprint density at radius 2 is 2.25 bits per heavy atom. The molecule has 0 aliphatic heterocycles. The van der Waals surface area contributed by atoms with Crippen molar-refractivity contribution in [1.29, 1.82) is 0 Å². The number of hydrogen-bond donors (Lipinski definition) is 2. The molecule has 0 radical (unpaired) electrons. The molecular formula is C12H13N5O3. The quantitative estimate of drug-likeness (QED) is 0.809. The molecule has 8 heteroatoms. The zero-order chi connectivity index (χ0) is 14.5. The predicted molar refractivity (Wildman–Crippen MR) is 67.8 cm³/mol. The maximum absolute atomic E-state index is 11.9. The van der Waals surface area contributed by atoms with Gasteiger partial charge < -0.3 is 10.4 Å². The monoisotopic (exact) mass is 275 g/mol. The average molecular weight is 275 g/mol. The molecule has 104 valence electrons. The van der Waals surface area contributed by atoms with Crippen molar-refractivity contribution in [2.24, 2.45) is 0 Å². The number of carboxylic acid groups (broad SMARTS) is 1. The Morgan fingerprint density at radius 1 is 1.45 bits per heavy atom. The van der Waals surface area contributed by atoms with E-state index < -0.39 is 11.9 Å². The lowest BCUT2D eigenvalue weighted by molar-refractivity contribution is -0.137. The van der Waals surface area contributed by atoms with E-state index in [1.165, 1.54) is 6.20 Å². The van der Waals surface area contributed by atoms with Crippen molar-refractivity contribution in [2.75, 3.05) is 0 Å². The zero-order valence-corrected chi connectivity index (χ0v) is 10.7. The molecule has 2 N–H and O–H groups in total. The van der Waals surface area contributed by atoms with Crippen LogP contribution in [0.4, 0.5) is 0 Å². The third-order valence-corrected chi connectivity index (χ3v) is 2.55. The summed E-state index contributed by atoms with van der Waals surface area (Å²) in [6, 6.07) is 5.13. The highest BCUT2D eigenvalue weighted by Gasteiger charge is 2.15. The van der Waals surface area contributed by atoms with Crippen LogP contribution in [0.3, 0.4) is 0 Å². The lowest BCUT2D eigenvalue weighted by atomic mass is 10.2. The van der Waals surface area contributed by atoms with Gasteiger partial charge in [-0.3, -0.25) is 14.6 Å². The average Bonchev–Trinajstić information content (AvgIpc) is 2.87. The van der Waals surface area contributed by atoms with E-state index >= 15 is 0 Å². The number of aromatic nitrogens is 4. The molecular weight excluding hydrogens is 262 g/mol. The maximum atomic E-state index is 11.9. The molecule has 0 aromatic carbocycles. The normalized spacial score (nSPS) is 11.8. The Morgan fingerprint density at radius 3 is 2.90 bits per heavy atom. The SMILES string of the molecule is CC(NC(=O)c1cn(CC(=O)O)nn1)c1ccccn1. The van der Waals surface area contributed by atoms with E-state index in [1.54, 1.807) is 25.3 Å². The van der Waals surface area contributed by atoms with Crippen LogP contribution in [-0.4, -0.2) is 37.0 Å².